The van der Waals surface area contributed by atoms with Crippen molar-refractivity contribution in [1.29, 1.82) is 0 Å². The van der Waals surface area contributed by atoms with Crippen LogP contribution in [0.1, 0.15) is 33.7 Å². The van der Waals surface area contributed by atoms with Crippen molar-refractivity contribution < 1.29 is 9.53 Å². The van der Waals surface area contributed by atoms with Gasteiger partial charge in [-0.25, -0.2) is 4.68 Å². The van der Waals surface area contributed by atoms with Gasteiger partial charge in [0.2, 0.25) is 5.91 Å². The standard InChI is InChI=1S/C25H30N4O3/c1-5-28(6-2)21-12-10-20(11-13-21)26-25(31)18(4)29-24(30)17-16-23(27-29)19-8-14-22(15-9-19)32-7-3/h8-18H,5-7H2,1-4H3,(H,26,31). The first-order valence-electron chi connectivity index (χ1n) is 11.0. The summed E-state index contributed by atoms with van der Waals surface area (Å²) in [5, 5.41) is 7.31. The highest BCUT2D eigenvalue weighted by molar-refractivity contribution is 5.93. The Morgan fingerprint density at radius 3 is 2.25 bits per heavy atom. The van der Waals surface area contributed by atoms with Crippen molar-refractivity contribution in [2.75, 3.05) is 29.9 Å². The lowest BCUT2D eigenvalue weighted by atomic mass is 10.1. The summed E-state index contributed by atoms with van der Waals surface area (Å²) < 4.78 is 6.68. The summed E-state index contributed by atoms with van der Waals surface area (Å²) in [6, 6.07) is 17.5. The SMILES string of the molecule is CCOc1ccc(-c2ccc(=O)n(C(C)C(=O)Nc3ccc(N(CC)CC)cc3)n2)cc1. The van der Waals surface area contributed by atoms with Crippen LogP contribution in [0.3, 0.4) is 0 Å². The van der Waals surface area contributed by atoms with Gasteiger partial charge >= 0.3 is 0 Å². The molecule has 1 amide bonds. The molecule has 3 rings (SSSR count). The highest BCUT2D eigenvalue weighted by atomic mass is 16.5. The van der Waals surface area contributed by atoms with Crippen molar-refractivity contribution in [3.05, 3.63) is 71.0 Å². The number of aromatic nitrogens is 2. The largest absolute Gasteiger partial charge is 0.494 e. The third kappa shape index (κ3) is 5.35. The van der Waals surface area contributed by atoms with E-state index in [0.717, 1.165) is 30.1 Å². The maximum absolute atomic E-state index is 12.8. The molecule has 0 radical (unpaired) electrons. The van der Waals surface area contributed by atoms with Gasteiger partial charge in [-0.3, -0.25) is 9.59 Å². The zero-order valence-electron chi connectivity index (χ0n) is 19.0. The molecular formula is C25H30N4O3. The highest BCUT2D eigenvalue weighted by Crippen LogP contribution is 2.21. The van der Waals surface area contributed by atoms with Gasteiger partial charge in [-0.15, -0.1) is 0 Å². The molecule has 2 aromatic carbocycles. The van der Waals surface area contributed by atoms with Crippen LogP contribution in [0.5, 0.6) is 5.75 Å². The Hall–Kier alpha value is -3.61. The number of ether oxygens (including phenoxy) is 1. The van der Waals surface area contributed by atoms with Gasteiger partial charge in [0.1, 0.15) is 11.8 Å². The number of hydrogen-bond acceptors (Lipinski definition) is 5. The van der Waals surface area contributed by atoms with Crippen molar-refractivity contribution in [2.24, 2.45) is 0 Å². The van der Waals surface area contributed by atoms with Crippen LogP contribution in [0.4, 0.5) is 11.4 Å². The van der Waals surface area contributed by atoms with E-state index in [-0.39, 0.29) is 11.5 Å². The number of carbonyl (C=O) groups is 1. The van der Waals surface area contributed by atoms with Gasteiger partial charge in [0.25, 0.3) is 5.56 Å². The first-order chi connectivity index (χ1) is 15.5. The van der Waals surface area contributed by atoms with Gasteiger partial charge in [-0.1, -0.05) is 0 Å². The first-order valence-corrected chi connectivity index (χ1v) is 11.0. The zero-order chi connectivity index (χ0) is 23.1. The van der Waals surface area contributed by atoms with Gasteiger partial charge in [0.15, 0.2) is 0 Å². The molecule has 1 atom stereocenters. The maximum atomic E-state index is 12.8. The van der Waals surface area contributed by atoms with Crippen molar-refractivity contribution in [3.8, 4) is 17.0 Å². The first kappa shape index (κ1) is 23.1. The van der Waals surface area contributed by atoms with Crippen LogP contribution >= 0.6 is 0 Å². The van der Waals surface area contributed by atoms with E-state index in [0.29, 0.717) is 18.0 Å². The summed E-state index contributed by atoms with van der Waals surface area (Å²) >= 11 is 0. The highest BCUT2D eigenvalue weighted by Gasteiger charge is 2.18. The van der Waals surface area contributed by atoms with Gasteiger partial charge in [-0.05, 0) is 82.3 Å². The van der Waals surface area contributed by atoms with Crippen molar-refractivity contribution in [1.82, 2.24) is 9.78 Å². The fourth-order valence-electron chi connectivity index (χ4n) is 3.45. The summed E-state index contributed by atoms with van der Waals surface area (Å²) in [6.45, 7) is 10.2. The van der Waals surface area contributed by atoms with Crippen LogP contribution in [-0.4, -0.2) is 35.4 Å². The van der Waals surface area contributed by atoms with Crippen molar-refractivity contribution in [3.63, 3.8) is 0 Å². The Kier molecular flexibility index (Phi) is 7.65. The van der Waals surface area contributed by atoms with E-state index in [9.17, 15) is 9.59 Å². The Labute approximate surface area is 188 Å². The molecule has 1 aromatic heterocycles. The number of benzene rings is 2. The number of rotatable bonds is 9. The molecule has 32 heavy (non-hydrogen) atoms. The van der Waals surface area contributed by atoms with E-state index in [1.54, 1.807) is 13.0 Å². The molecule has 0 aliphatic rings. The quantitative estimate of drug-likeness (QED) is 0.542. The fraction of sp³-hybridized carbons (Fsp3) is 0.320. The topological polar surface area (TPSA) is 76.5 Å². The smallest absolute Gasteiger partial charge is 0.267 e. The second kappa shape index (κ2) is 10.6. The Bertz CT molecular complexity index is 1090. The minimum Gasteiger partial charge on any atom is -0.494 e. The van der Waals surface area contributed by atoms with E-state index < -0.39 is 6.04 Å². The van der Waals surface area contributed by atoms with Gasteiger partial charge in [0.05, 0.1) is 12.3 Å². The van der Waals surface area contributed by atoms with Crippen molar-refractivity contribution in [2.45, 2.75) is 33.7 Å². The van der Waals surface area contributed by atoms with Gasteiger partial charge in [0, 0.05) is 36.1 Å². The van der Waals surface area contributed by atoms with Crippen LogP contribution in [0.15, 0.2) is 65.5 Å². The summed E-state index contributed by atoms with van der Waals surface area (Å²) in [6.07, 6.45) is 0. The molecule has 0 spiro atoms. The molecule has 7 nitrogen and oxygen atoms in total. The van der Waals surface area contributed by atoms with Crippen LogP contribution < -0.4 is 20.5 Å². The molecule has 0 aliphatic heterocycles. The molecule has 168 valence electrons. The molecule has 0 aliphatic carbocycles. The molecule has 0 saturated heterocycles. The summed E-state index contributed by atoms with van der Waals surface area (Å²) in [4.78, 5) is 27.5. The van der Waals surface area contributed by atoms with E-state index in [1.807, 2.05) is 55.5 Å². The molecular weight excluding hydrogens is 404 g/mol. The Morgan fingerprint density at radius 2 is 1.66 bits per heavy atom. The minimum atomic E-state index is -0.771. The van der Waals surface area contributed by atoms with E-state index in [1.165, 1.54) is 10.7 Å². The lowest BCUT2D eigenvalue weighted by molar-refractivity contribution is -0.119. The average molecular weight is 435 g/mol. The molecule has 1 heterocycles. The van der Waals surface area contributed by atoms with Crippen molar-refractivity contribution >= 4 is 17.3 Å². The predicted octanol–water partition coefficient (Wildman–Crippen LogP) is 4.35. The van der Waals surface area contributed by atoms with E-state index in [2.05, 4.69) is 29.2 Å². The number of carbonyl (C=O) groups excluding carboxylic acids is 1. The monoisotopic (exact) mass is 434 g/mol. The van der Waals surface area contributed by atoms with Crippen LogP contribution in [0.25, 0.3) is 11.3 Å². The lowest BCUT2D eigenvalue weighted by Gasteiger charge is -2.21. The normalized spacial score (nSPS) is 11.6. The maximum Gasteiger partial charge on any atom is 0.267 e. The van der Waals surface area contributed by atoms with E-state index in [4.69, 9.17) is 4.74 Å². The van der Waals surface area contributed by atoms with Crippen LogP contribution in [0, 0.1) is 0 Å². The number of amides is 1. The summed E-state index contributed by atoms with van der Waals surface area (Å²) in [7, 11) is 0. The second-order valence-electron chi connectivity index (χ2n) is 7.34. The Morgan fingerprint density at radius 1 is 1.00 bits per heavy atom. The predicted molar refractivity (Wildman–Crippen MR) is 128 cm³/mol. The number of nitrogens with one attached hydrogen (secondary N) is 1. The molecule has 0 fully saturated rings. The molecule has 1 unspecified atom stereocenters. The second-order valence-corrected chi connectivity index (χ2v) is 7.34. The number of anilines is 2. The van der Waals surface area contributed by atoms with Gasteiger partial charge < -0.3 is 15.0 Å². The lowest BCUT2D eigenvalue weighted by Crippen LogP contribution is -2.33. The molecule has 1 N–H and O–H groups in total. The van der Waals surface area contributed by atoms with Gasteiger partial charge in [-0.2, -0.15) is 5.10 Å². The Balaban J connectivity index is 1.76. The number of nitrogens with zero attached hydrogens (tertiary/aromatic N) is 3. The molecule has 7 heteroatoms. The third-order valence-corrected chi connectivity index (χ3v) is 5.30. The van der Waals surface area contributed by atoms with E-state index >= 15 is 0 Å². The fourth-order valence-corrected chi connectivity index (χ4v) is 3.45. The molecule has 0 bridgehead atoms. The summed E-state index contributed by atoms with van der Waals surface area (Å²) in [5.41, 5.74) is 2.88. The van der Waals surface area contributed by atoms with Crippen LogP contribution in [0.2, 0.25) is 0 Å². The molecule has 3 aromatic rings. The third-order valence-electron chi connectivity index (χ3n) is 5.30. The average Bonchev–Trinajstić information content (AvgIpc) is 2.81. The van der Waals surface area contributed by atoms with Crippen LogP contribution in [-0.2, 0) is 4.79 Å². The minimum absolute atomic E-state index is 0.306. The summed E-state index contributed by atoms with van der Waals surface area (Å²) in [5.74, 6) is 0.461. The number of hydrogen-bond donors (Lipinski definition) is 1. The zero-order valence-corrected chi connectivity index (χ0v) is 19.0. The molecule has 0 saturated carbocycles.